The fraction of sp³-hybridized carbons (Fsp3) is 1.00. The van der Waals surface area contributed by atoms with Crippen molar-refractivity contribution >= 4 is 35.9 Å². The summed E-state index contributed by atoms with van der Waals surface area (Å²) in [6, 6.07) is -0.0397. The summed E-state index contributed by atoms with van der Waals surface area (Å²) in [4.78, 5) is 0. The molecule has 0 fully saturated rings. The van der Waals surface area contributed by atoms with Crippen LogP contribution in [0.15, 0.2) is 0 Å². The van der Waals surface area contributed by atoms with E-state index < -0.39 is 0 Å². The molecule has 0 rings (SSSR count). The quantitative estimate of drug-likeness (QED) is 0.512. The number of hydrogen-bond acceptors (Lipinski definition) is 4. The molecule has 0 aromatic heterocycles. The molecule has 10 heavy (non-hydrogen) atoms. The van der Waals surface area contributed by atoms with Crippen molar-refractivity contribution in [1.82, 2.24) is 0 Å². The van der Waals surface area contributed by atoms with Gasteiger partial charge in [0, 0.05) is 16.9 Å². The van der Waals surface area contributed by atoms with Crippen molar-refractivity contribution < 1.29 is 5.11 Å². The van der Waals surface area contributed by atoms with Crippen molar-refractivity contribution in [2.24, 2.45) is 5.73 Å². The molecule has 0 heterocycles. The van der Waals surface area contributed by atoms with E-state index in [2.05, 4.69) is 6.26 Å². The van der Waals surface area contributed by atoms with Crippen LogP contribution in [0.25, 0.3) is 0 Å². The predicted octanol–water partition coefficient (Wildman–Crippen LogP) is 0.781. The number of aliphatic hydroxyl groups excluding tert-OH is 1. The Labute approximate surface area is 76.7 Å². The number of thioether (sulfide) groups is 2. The molecular weight excluding hydrogens is 190 g/mol. The van der Waals surface area contributed by atoms with E-state index in [1.54, 1.807) is 23.5 Å². The van der Waals surface area contributed by atoms with E-state index in [-0.39, 0.29) is 25.1 Å². The lowest BCUT2D eigenvalue weighted by atomic mass is 10.4. The number of aliphatic hydroxyl groups is 1. The minimum absolute atomic E-state index is 0. The second-order valence-electron chi connectivity index (χ2n) is 1.72. The molecule has 0 bridgehead atoms. The monoisotopic (exact) mass is 203 g/mol. The Hall–Kier alpha value is 0.910. The molecule has 0 aromatic carbocycles. The van der Waals surface area contributed by atoms with Crippen LogP contribution in [0, 0.1) is 0 Å². The molecule has 0 aliphatic carbocycles. The smallest absolute Gasteiger partial charge is 0.0590 e. The van der Waals surface area contributed by atoms with Crippen LogP contribution in [0.3, 0.4) is 0 Å². The molecule has 0 saturated carbocycles. The first-order chi connectivity index (χ1) is 4.31. The molecule has 0 amide bonds. The van der Waals surface area contributed by atoms with Gasteiger partial charge in [-0.2, -0.15) is 11.8 Å². The minimum atomic E-state index is -0.0397. The summed E-state index contributed by atoms with van der Waals surface area (Å²) in [6.07, 6.45) is 2.05. The maximum absolute atomic E-state index is 8.49. The lowest BCUT2D eigenvalue weighted by Crippen LogP contribution is -2.26. The second kappa shape index (κ2) is 9.91. The van der Waals surface area contributed by atoms with Crippen molar-refractivity contribution in [1.29, 1.82) is 0 Å². The number of rotatable bonds is 5. The third-order valence-electron chi connectivity index (χ3n) is 0.768. The fourth-order valence-corrected chi connectivity index (χ4v) is 1.80. The zero-order chi connectivity index (χ0) is 7.11. The zero-order valence-electron chi connectivity index (χ0n) is 5.95. The number of hydrogen-bond donors (Lipinski definition) is 2. The highest BCUT2D eigenvalue weighted by atomic mass is 35.5. The summed E-state index contributed by atoms with van der Waals surface area (Å²) in [5, 5.41) is 9.55. The lowest BCUT2D eigenvalue weighted by Gasteiger charge is -2.04. The third kappa shape index (κ3) is 8.91. The van der Waals surface area contributed by atoms with Gasteiger partial charge in [0.05, 0.1) is 6.61 Å². The van der Waals surface area contributed by atoms with Gasteiger partial charge in [0.25, 0.3) is 0 Å². The third-order valence-corrected chi connectivity index (χ3v) is 3.04. The molecule has 3 N–H and O–H groups in total. The van der Waals surface area contributed by atoms with Crippen LogP contribution in [0.4, 0.5) is 0 Å². The zero-order valence-corrected chi connectivity index (χ0v) is 8.40. The summed E-state index contributed by atoms with van der Waals surface area (Å²) in [6.45, 7) is 0.0986. The van der Waals surface area contributed by atoms with Gasteiger partial charge in [-0.05, 0) is 6.26 Å². The Morgan fingerprint density at radius 1 is 1.60 bits per heavy atom. The van der Waals surface area contributed by atoms with Crippen LogP contribution in [0.2, 0.25) is 0 Å². The van der Waals surface area contributed by atoms with E-state index in [0.717, 1.165) is 10.8 Å². The van der Waals surface area contributed by atoms with Crippen molar-refractivity contribution in [2.75, 3.05) is 23.7 Å². The molecule has 5 heteroatoms. The van der Waals surface area contributed by atoms with Gasteiger partial charge >= 0.3 is 0 Å². The summed E-state index contributed by atoms with van der Waals surface area (Å²) in [7, 11) is 0. The Kier molecular flexibility index (Phi) is 13.4. The molecule has 64 valence electrons. The molecule has 0 aliphatic heterocycles. The molecule has 0 spiro atoms. The Balaban J connectivity index is 0. The number of nitrogens with two attached hydrogens (primary N) is 1. The molecule has 0 saturated heterocycles. The van der Waals surface area contributed by atoms with Crippen LogP contribution < -0.4 is 5.73 Å². The minimum Gasteiger partial charge on any atom is -0.395 e. The predicted molar refractivity (Wildman–Crippen MR) is 53.1 cm³/mol. The Morgan fingerprint density at radius 3 is 2.60 bits per heavy atom. The SMILES string of the molecule is CSCSCC(N)CO.Cl. The first kappa shape index (κ1) is 13.5. The summed E-state index contributed by atoms with van der Waals surface area (Å²) in [5.74, 6) is 0.858. The van der Waals surface area contributed by atoms with Gasteiger partial charge in [-0.1, -0.05) is 0 Å². The Morgan fingerprint density at radius 2 is 2.20 bits per heavy atom. The first-order valence-electron chi connectivity index (χ1n) is 2.74. The van der Waals surface area contributed by atoms with Crippen LogP contribution in [0.5, 0.6) is 0 Å². The molecule has 1 unspecified atom stereocenters. The van der Waals surface area contributed by atoms with Crippen molar-refractivity contribution in [3.05, 3.63) is 0 Å². The van der Waals surface area contributed by atoms with Gasteiger partial charge in [0.1, 0.15) is 0 Å². The van der Waals surface area contributed by atoms with Crippen molar-refractivity contribution in [3.8, 4) is 0 Å². The largest absolute Gasteiger partial charge is 0.395 e. The average molecular weight is 204 g/mol. The highest BCUT2D eigenvalue weighted by Gasteiger charge is 1.97. The highest BCUT2D eigenvalue weighted by molar-refractivity contribution is 8.15. The van der Waals surface area contributed by atoms with Gasteiger partial charge in [-0.25, -0.2) is 0 Å². The first-order valence-corrected chi connectivity index (χ1v) is 5.29. The van der Waals surface area contributed by atoms with E-state index >= 15 is 0 Å². The normalized spacial score (nSPS) is 12.3. The number of halogens is 1. The van der Waals surface area contributed by atoms with E-state index in [4.69, 9.17) is 10.8 Å². The van der Waals surface area contributed by atoms with E-state index in [1.807, 2.05) is 0 Å². The van der Waals surface area contributed by atoms with Crippen molar-refractivity contribution in [3.63, 3.8) is 0 Å². The van der Waals surface area contributed by atoms with Gasteiger partial charge in [0.15, 0.2) is 0 Å². The molecular formula is C5H14ClNOS2. The Bertz CT molecular complexity index is 67.6. The van der Waals surface area contributed by atoms with Crippen LogP contribution in [-0.2, 0) is 0 Å². The topological polar surface area (TPSA) is 46.2 Å². The van der Waals surface area contributed by atoms with Crippen molar-refractivity contribution in [2.45, 2.75) is 6.04 Å². The van der Waals surface area contributed by atoms with E-state index in [0.29, 0.717) is 0 Å². The van der Waals surface area contributed by atoms with Crippen LogP contribution >= 0.6 is 35.9 Å². The van der Waals surface area contributed by atoms with Gasteiger partial charge in [0.2, 0.25) is 0 Å². The fourth-order valence-electron chi connectivity index (χ4n) is 0.336. The summed E-state index contributed by atoms with van der Waals surface area (Å²) in [5.41, 5.74) is 5.43. The van der Waals surface area contributed by atoms with Crippen LogP contribution in [-0.4, -0.2) is 34.8 Å². The molecule has 2 nitrogen and oxygen atoms in total. The molecule has 0 aromatic rings. The summed E-state index contributed by atoms with van der Waals surface area (Å²) < 4.78 is 0. The second-order valence-corrected chi connectivity index (χ2v) is 3.98. The van der Waals surface area contributed by atoms with Gasteiger partial charge in [-0.3, -0.25) is 0 Å². The average Bonchev–Trinajstić information content (AvgIpc) is 1.89. The van der Waals surface area contributed by atoms with E-state index in [9.17, 15) is 0 Å². The maximum Gasteiger partial charge on any atom is 0.0590 e. The summed E-state index contributed by atoms with van der Waals surface area (Å²) >= 11 is 3.54. The molecule has 0 radical (unpaired) electrons. The molecule has 1 atom stereocenters. The van der Waals surface area contributed by atoms with E-state index in [1.165, 1.54) is 0 Å². The standard InChI is InChI=1S/C5H13NOS2.ClH/c1-8-4-9-3-5(6)2-7;/h5,7H,2-4,6H2,1H3;1H. The van der Waals surface area contributed by atoms with Gasteiger partial charge in [-0.15, -0.1) is 24.2 Å². The molecule has 0 aliphatic rings. The lowest BCUT2D eigenvalue weighted by molar-refractivity contribution is 0.275. The highest BCUT2D eigenvalue weighted by Crippen LogP contribution is 2.08. The van der Waals surface area contributed by atoms with Gasteiger partial charge < -0.3 is 10.8 Å². The maximum atomic E-state index is 8.49. The van der Waals surface area contributed by atoms with Crippen LogP contribution in [0.1, 0.15) is 0 Å².